The minimum absolute atomic E-state index is 0.488. The fraction of sp³-hybridized carbons (Fsp3) is 0.154. The van der Waals surface area contributed by atoms with Gasteiger partial charge >= 0.3 is 0 Å². The van der Waals surface area contributed by atoms with Crippen LogP contribution in [0.1, 0.15) is 5.89 Å². The molecule has 0 saturated carbocycles. The lowest BCUT2D eigenvalue weighted by atomic mass is 10.3. The molecule has 0 aliphatic carbocycles. The number of para-hydroxylation sites is 1. The molecule has 1 N–H and O–H groups in total. The monoisotopic (exact) mass is 255 g/mol. The number of imidazole rings is 1. The van der Waals surface area contributed by atoms with E-state index < -0.39 is 0 Å². The molecule has 0 fully saturated rings. The first-order valence-electron chi connectivity index (χ1n) is 5.92. The van der Waals surface area contributed by atoms with Crippen molar-refractivity contribution in [2.24, 2.45) is 7.05 Å². The zero-order valence-electron chi connectivity index (χ0n) is 10.4. The van der Waals surface area contributed by atoms with Gasteiger partial charge in [0, 0.05) is 25.1 Å². The van der Waals surface area contributed by atoms with Gasteiger partial charge in [-0.2, -0.15) is 4.98 Å². The SMILES string of the molecule is Cn1ccnc1-c1noc(CNc2ccccc2)n1. The van der Waals surface area contributed by atoms with Crippen LogP contribution >= 0.6 is 0 Å². The van der Waals surface area contributed by atoms with Gasteiger partial charge < -0.3 is 14.4 Å². The summed E-state index contributed by atoms with van der Waals surface area (Å²) in [6.45, 7) is 0.488. The Morgan fingerprint density at radius 3 is 2.84 bits per heavy atom. The summed E-state index contributed by atoms with van der Waals surface area (Å²) >= 11 is 0. The van der Waals surface area contributed by atoms with Crippen molar-refractivity contribution in [1.29, 1.82) is 0 Å². The summed E-state index contributed by atoms with van der Waals surface area (Å²) in [5, 5.41) is 7.13. The van der Waals surface area contributed by atoms with Crippen LogP contribution in [-0.2, 0) is 13.6 Å². The number of aromatic nitrogens is 4. The third-order valence-corrected chi connectivity index (χ3v) is 2.71. The maximum Gasteiger partial charge on any atom is 0.246 e. The zero-order chi connectivity index (χ0) is 13.1. The van der Waals surface area contributed by atoms with E-state index in [1.807, 2.05) is 48.1 Å². The molecule has 3 rings (SSSR count). The first-order valence-corrected chi connectivity index (χ1v) is 5.92. The molecule has 0 atom stereocenters. The van der Waals surface area contributed by atoms with Gasteiger partial charge in [-0.3, -0.25) is 0 Å². The van der Waals surface area contributed by atoms with E-state index >= 15 is 0 Å². The summed E-state index contributed by atoms with van der Waals surface area (Å²) < 4.78 is 7.03. The van der Waals surface area contributed by atoms with Gasteiger partial charge in [0.1, 0.15) is 0 Å². The summed E-state index contributed by atoms with van der Waals surface area (Å²) in [5.74, 6) is 1.72. The van der Waals surface area contributed by atoms with Crippen LogP contribution in [0.25, 0.3) is 11.6 Å². The second kappa shape index (κ2) is 4.93. The van der Waals surface area contributed by atoms with Crippen LogP contribution in [-0.4, -0.2) is 19.7 Å². The molecule has 0 saturated heterocycles. The van der Waals surface area contributed by atoms with Crippen LogP contribution in [0, 0.1) is 0 Å². The van der Waals surface area contributed by atoms with E-state index in [0.717, 1.165) is 5.69 Å². The van der Waals surface area contributed by atoms with Gasteiger partial charge in [0.05, 0.1) is 6.54 Å². The number of hydrogen-bond acceptors (Lipinski definition) is 5. The van der Waals surface area contributed by atoms with E-state index in [9.17, 15) is 0 Å². The smallest absolute Gasteiger partial charge is 0.246 e. The molecule has 0 radical (unpaired) electrons. The summed E-state index contributed by atoms with van der Waals surface area (Å²) in [6, 6.07) is 9.87. The van der Waals surface area contributed by atoms with Gasteiger partial charge in [0.15, 0.2) is 5.82 Å². The average Bonchev–Trinajstić information content (AvgIpc) is 3.06. The molecule has 0 bridgehead atoms. The van der Waals surface area contributed by atoms with Crippen molar-refractivity contribution in [3.8, 4) is 11.6 Å². The Labute approximate surface area is 110 Å². The summed E-state index contributed by atoms with van der Waals surface area (Å²) in [5.41, 5.74) is 1.01. The van der Waals surface area contributed by atoms with Gasteiger partial charge in [-0.05, 0) is 12.1 Å². The second-order valence-electron chi connectivity index (χ2n) is 4.09. The molecule has 0 aliphatic rings. The predicted octanol–water partition coefficient (Wildman–Crippen LogP) is 2.08. The minimum atomic E-state index is 0.488. The molecule has 6 heteroatoms. The number of nitrogens with zero attached hydrogens (tertiary/aromatic N) is 4. The number of nitrogens with one attached hydrogen (secondary N) is 1. The predicted molar refractivity (Wildman–Crippen MR) is 70.3 cm³/mol. The van der Waals surface area contributed by atoms with Gasteiger partial charge in [0.2, 0.25) is 11.7 Å². The molecule has 6 nitrogen and oxygen atoms in total. The number of benzene rings is 1. The molecule has 2 heterocycles. The zero-order valence-corrected chi connectivity index (χ0v) is 10.4. The fourth-order valence-corrected chi connectivity index (χ4v) is 1.73. The largest absolute Gasteiger partial charge is 0.376 e. The highest BCUT2D eigenvalue weighted by Gasteiger charge is 2.11. The molecule has 0 aliphatic heterocycles. The minimum Gasteiger partial charge on any atom is -0.376 e. The molecular formula is C13H13N5O. The highest BCUT2D eigenvalue weighted by Crippen LogP contribution is 2.13. The van der Waals surface area contributed by atoms with Crippen LogP contribution in [0.15, 0.2) is 47.2 Å². The lowest BCUT2D eigenvalue weighted by Crippen LogP contribution is -1.99. The van der Waals surface area contributed by atoms with E-state index in [1.54, 1.807) is 6.20 Å². The summed E-state index contributed by atoms with van der Waals surface area (Å²) in [7, 11) is 1.89. The molecular weight excluding hydrogens is 242 g/mol. The lowest BCUT2D eigenvalue weighted by Gasteiger charge is -2.01. The van der Waals surface area contributed by atoms with Crippen LogP contribution in [0.3, 0.4) is 0 Å². The van der Waals surface area contributed by atoms with E-state index in [0.29, 0.717) is 24.1 Å². The Morgan fingerprint density at radius 2 is 2.11 bits per heavy atom. The number of rotatable bonds is 4. The molecule has 0 unspecified atom stereocenters. The normalized spacial score (nSPS) is 10.6. The lowest BCUT2D eigenvalue weighted by molar-refractivity contribution is 0.383. The van der Waals surface area contributed by atoms with Crippen molar-refractivity contribution in [3.63, 3.8) is 0 Å². The van der Waals surface area contributed by atoms with Crippen molar-refractivity contribution >= 4 is 5.69 Å². The molecule has 3 aromatic rings. The Morgan fingerprint density at radius 1 is 1.26 bits per heavy atom. The van der Waals surface area contributed by atoms with E-state index in [1.165, 1.54) is 0 Å². The van der Waals surface area contributed by atoms with Gasteiger partial charge in [-0.15, -0.1) is 0 Å². The topological polar surface area (TPSA) is 68.8 Å². The Bertz CT molecular complexity index is 658. The van der Waals surface area contributed by atoms with E-state index in [-0.39, 0.29) is 0 Å². The number of hydrogen-bond donors (Lipinski definition) is 1. The second-order valence-corrected chi connectivity index (χ2v) is 4.09. The third kappa shape index (κ3) is 2.47. The molecule has 19 heavy (non-hydrogen) atoms. The maximum atomic E-state index is 5.19. The van der Waals surface area contributed by atoms with E-state index in [4.69, 9.17) is 4.52 Å². The molecule has 0 spiro atoms. The molecule has 96 valence electrons. The fourth-order valence-electron chi connectivity index (χ4n) is 1.73. The van der Waals surface area contributed by atoms with Crippen LogP contribution < -0.4 is 5.32 Å². The highest BCUT2D eigenvalue weighted by atomic mass is 16.5. The molecule has 2 aromatic heterocycles. The van der Waals surface area contributed by atoms with Crippen LogP contribution in [0.2, 0.25) is 0 Å². The molecule has 1 aromatic carbocycles. The number of anilines is 1. The van der Waals surface area contributed by atoms with Crippen molar-refractivity contribution < 1.29 is 4.52 Å². The maximum absolute atomic E-state index is 5.19. The number of aryl methyl sites for hydroxylation is 1. The first-order chi connectivity index (χ1) is 9.33. The van der Waals surface area contributed by atoms with Crippen molar-refractivity contribution in [1.82, 2.24) is 19.7 Å². The quantitative estimate of drug-likeness (QED) is 0.773. The highest BCUT2D eigenvalue weighted by molar-refractivity contribution is 5.44. The van der Waals surface area contributed by atoms with Crippen LogP contribution in [0.4, 0.5) is 5.69 Å². The third-order valence-electron chi connectivity index (χ3n) is 2.71. The van der Waals surface area contributed by atoms with Crippen molar-refractivity contribution in [2.75, 3.05) is 5.32 Å². The van der Waals surface area contributed by atoms with Gasteiger partial charge in [-0.25, -0.2) is 4.98 Å². The van der Waals surface area contributed by atoms with Gasteiger partial charge in [-0.1, -0.05) is 23.4 Å². The van der Waals surface area contributed by atoms with E-state index in [2.05, 4.69) is 20.4 Å². The summed E-state index contributed by atoms with van der Waals surface area (Å²) in [6.07, 6.45) is 3.54. The van der Waals surface area contributed by atoms with Crippen molar-refractivity contribution in [2.45, 2.75) is 6.54 Å². The Kier molecular flexibility index (Phi) is 2.97. The Hall–Kier alpha value is -2.63. The molecule has 0 amide bonds. The first kappa shape index (κ1) is 11.5. The van der Waals surface area contributed by atoms with Crippen LogP contribution in [0.5, 0.6) is 0 Å². The van der Waals surface area contributed by atoms with Crippen molar-refractivity contribution in [3.05, 3.63) is 48.6 Å². The van der Waals surface area contributed by atoms with Gasteiger partial charge in [0.25, 0.3) is 0 Å². The summed E-state index contributed by atoms with van der Waals surface area (Å²) in [4.78, 5) is 8.48. The standard InChI is InChI=1S/C13H13N5O/c1-18-8-7-14-13(18)12-16-11(19-17-12)9-15-10-5-3-2-4-6-10/h2-8,15H,9H2,1H3. The average molecular weight is 255 g/mol. The Balaban J connectivity index is 1.71.